The van der Waals surface area contributed by atoms with E-state index in [2.05, 4.69) is 10.3 Å². The van der Waals surface area contributed by atoms with E-state index in [4.69, 9.17) is 21.1 Å². The van der Waals surface area contributed by atoms with Gasteiger partial charge in [-0.3, -0.25) is 9.37 Å². The number of anilines is 1. The summed E-state index contributed by atoms with van der Waals surface area (Å²) >= 11 is 6.15. The summed E-state index contributed by atoms with van der Waals surface area (Å²) in [5, 5.41) is 4.31. The predicted molar refractivity (Wildman–Crippen MR) is 93.0 cm³/mol. The summed E-state index contributed by atoms with van der Waals surface area (Å²) in [6.45, 7) is 2.14. The lowest BCUT2D eigenvalue weighted by molar-refractivity contribution is 0.0527. The predicted octanol–water partition coefficient (Wildman–Crippen LogP) is 4.24. The van der Waals surface area contributed by atoms with Gasteiger partial charge in [0.25, 0.3) is 0 Å². The van der Waals surface area contributed by atoms with Crippen LogP contribution in [0.15, 0.2) is 18.3 Å². The molecule has 0 saturated heterocycles. The number of rotatable bonds is 8. The molecule has 0 aliphatic rings. The molecule has 0 fully saturated rings. The van der Waals surface area contributed by atoms with Gasteiger partial charge < -0.3 is 14.8 Å². The number of alkyl halides is 1. The number of pyridine rings is 1. The summed E-state index contributed by atoms with van der Waals surface area (Å²) < 4.78 is 22.7. The van der Waals surface area contributed by atoms with Crippen LogP contribution < -0.4 is 10.1 Å². The van der Waals surface area contributed by atoms with Crippen LogP contribution in [0.4, 0.5) is 10.1 Å². The van der Waals surface area contributed by atoms with Crippen molar-refractivity contribution >= 4 is 34.2 Å². The molecular formula is C17H20ClFN2O3. The van der Waals surface area contributed by atoms with E-state index >= 15 is 0 Å². The van der Waals surface area contributed by atoms with Crippen molar-refractivity contribution in [3.63, 3.8) is 0 Å². The fraction of sp³-hybridized carbons (Fsp3) is 0.412. The van der Waals surface area contributed by atoms with Crippen LogP contribution in [0.25, 0.3) is 10.9 Å². The quantitative estimate of drug-likeness (QED) is 0.567. The number of halogens is 2. The first kappa shape index (κ1) is 18.3. The highest BCUT2D eigenvalue weighted by molar-refractivity contribution is 6.32. The molecule has 5 nitrogen and oxygen atoms in total. The molecule has 0 saturated carbocycles. The molecule has 1 aromatic heterocycles. The second-order valence-corrected chi connectivity index (χ2v) is 5.53. The van der Waals surface area contributed by atoms with E-state index < -0.39 is 5.97 Å². The minimum absolute atomic E-state index is 0.261. The molecule has 0 radical (unpaired) electrons. The first-order chi connectivity index (χ1) is 11.6. The van der Waals surface area contributed by atoms with E-state index in [1.54, 1.807) is 19.1 Å². The standard InChI is InChI=1S/C17H20ClFN2O3/c1-3-24-17(22)13-10-21-16-12(8-11(18)9-14(16)23-2)15(13)20-7-5-4-6-19/h8-10H,3-7H2,1-2H3,(H,20,21). The van der Waals surface area contributed by atoms with Crippen molar-refractivity contribution in [2.24, 2.45) is 0 Å². The minimum atomic E-state index is -0.473. The van der Waals surface area contributed by atoms with Crippen LogP contribution in [0.5, 0.6) is 5.75 Å². The average molecular weight is 355 g/mol. The smallest absolute Gasteiger partial charge is 0.341 e. The highest BCUT2D eigenvalue weighted by atomic mass is 35.5. The number of nitrogens with zero attached hydrogens (tertiary/aromatic N) is 1. The first-order valence-corrected chi connectivity index (χ1v) is 8.13. The molecule has 1 aromatic carbocycles. The lowest BCUT2D eigenvalue weighted by Gasteiger charge is -2.15. The summed E-state index contributed by atoms with van der Waals surface area (Å²) in [4.78, 5) is 16.5. The molecular weight excluding hydrogens is 335 g/mol. The summed E-state index contributed by atoms with van der Waals surface area (Å²) in [6, 6.07) is 3.38. The Bertz CT molecular complexity index is 725. The Balaban J connectivity index is 2.53. The average Bonchev–Trinajstić information content (AvgIpc) is 2.58. The molecule has 2 rings (SSSR count). The van der Waals surface area contributed by atoms with Crippen molar-refractivity contribution < 1.29 is 18.7 Å². The fourth-order valence-corrected chi connectivity index (χ4v) is 2.59. The number of hydrogen-bond donors (Lipinski definition) is 1. The van der Waals surface area contributed by atoms with Gasteiger partial charge in [0.2, 0.25) is 0 Å². The monoisotopic (exact) mass is 354 g/mol. The zero-order chi connectivity index (χ0) is 17.5. The van der Waals surface area contributed by atoms with Gasteiger partial charge in [-0.05, 0) is 25.8 Å². The second kappa shape index (κ2) is 8.68. The molecule has 1 heterocycles. The third-order valence-corrected chi connectivity index (χ3v) is 3.70. The number of unbranched alkanes of at least 4 members (excludes halogenated alkanes) is 1. The zero-order valence-corrected chi connectivity index (χ0v) is 14.5. The molecule has 130 valence electrons. The van der Waals surface area contributed by atoms with Crippen LogP contribution in [-0.4, -0.2) is 37.9 Å². The van der Waals surface area contributed by atoms with Crippen molar-refractivity contribution in [2.75, 3.05) is 32.3 Å². The van der Waals surface area contributed by atoms with Gasteiger partial charge in [-0.15, -0.1) is 0 Å². The normalized spacial score (nSPS) is 10.7. The molecule has 0 unspecified atom stereocenters. The SMILES string of the molecule is CCOC(=O)c1cnc2c(OC)cc(Cl)cc2c1NCCCCF. The Morgan fingerprint density at radius 3 is 2.83 bits per heavy atom. The van der Waals surface area contributed by atoms with Crippen molar-refractivity contribution in [1.29, 1.82) is 0 Å². The number of esters is 1. The molecule has 0 atom stereocenters. The third-order valence-electron chi connectivity index (χ3n) is 3.48. The molecule has 0 aliphatic heterocycles. The lowest BCUT2D eigenvalue weighted by Crippen LogP contribution is -2.12. The van der Waals surface area contributed by atoms with Crippen molar-refractivity contribution in [3.05, 3.63) is 28.9 Å². The number of benzene rings is 1. The fourth-order valence-electron chi connectivity index (χ4n) is 2.38. The van der Waals surface area contributed by atoms with Crippen molar-refractivity contribution in [1.82, 2.24) is 4.98 Å². The number of methoxy groups -OCH3 is 1. The Hall–Kier alpha value is -2.08. The Morgan fingerprint density at radius 2 is 2.17 bits per heavy atom. The van der Waals surface area contributed by atoms with E-state index in [1.165, 1.54) is 13.3 Å². The third kappa shape index (κ3) is 4.06. The molecule has 0 spiro atoms. The van der Waals surface area contributed by atoms with Crippen LogP contribution in [0.2, 0.25) is 5.02 Å². The van der Waals surface area contributed by atoms with Gasteiger partial charge in [0.05, 0.1) is 26.1 Å². The van der Waals surface area contributed by atoms with Gasteiger partial charge in [-0.2, -0.15) is 0 Å². The summed E-state index contributed by atoms with van der Waals surface area (Å²) in [7, 11) is 1.53. The van der Waals surface area contributed by atoms with E-state index in [0.29, 0.717) is 52.3 Å². The second-order valence-electron chi connectivity index (χ2n) is 5.09. The van der Waals surface area contributed by atoms with E-state index in [0.717, 1.165) is 0 Å². The topological polar surface area (TPSA) is 60.5 Å². The number of nitrogens with one attached hydrogen (secondary N) is 1. The first-order valence-electron chi connectivity index (χ1n) is 7.75. The van der Waals surface area contributed by atoms with Crippen LogP contribution in [0, 0.1) is 0 Å². The van der Waals surface area contributed by atoms with Gasteiger partial charge in [0.1, 0.15) is 16.8 Å². The Kier molecular flexibility index (Phi) is 6.61. The maximum Gasteiger partial charge on any atom is 0.341 e. The zero-order valence-electron chi connectivity index (χ0n) is 13.7. The number of ether oxygens (including phenoxy) is 2. The van der Waals surface area contributed by atoms with E-state index in [-0.39, 0.29) is 13.3 Å². The number of carbonyl (C=O) groups excluding carboxylic acids is 1. The molecule has 2 aromatic rings. The molecule has 7 heteroatoms. The molecule has 0 bridgehead atoms. The van der Waals surface area contributed by atoms with Gasteiger partial charge in [-0.25, -0.2) is 4.79 Å². The Labute approximate surface area is 145 Å². The van der Waals surface area contributed by atoms with Crippen molar-refractivity contribution in [2.45, 2.75) is 19.8 Å². The van der Waals surface area contributed by atoms with Crippen LogP contribution >= 0.6 is 11.6 Å². The van der Waals surface area contributed by atoms with E-state index in [1.807, 2.05) is 0 Å². The lowest BCUT2D eigenvalue weighted by atomic mass is 10.1. The summed E-state index contributed by atoms with van der Waals surface area (Å²) in [5.41, 5.74) is 1.47. The minimum Gasteiger partial charge on any atom is -0.494 e. The molecule has 24 heavy (non-hydrogen) atoms. The Morgan fingerprint density at radius 1 is 1.38 bits per heavy atom. The van der Waals surface area contributed by atoms with Crippen LogP contribution in [-0.2, 0) is 4.74 Å². The molecule has 1 N–H and O–H groups in total. The summed E-state index contributed by atoms with van der Waals surface area (Å²) in [6.07, 6.45) is 2.54. The van der Waals surface area contributed by atoms with E-state index in [9.17, 15) is 9.18 Å². The number of aromatic nitrogens is 1. The van der Waals surface area contributed by atoms with Crippen LogP contribution in [0.3, 0.4) is 0 Å². The summed E-state index contributed by atoms with van der Waals surface area (Å²) in [5.74, 6) is 0.0403. The number of hydrogen-bond acceptors (Lipinski definition) is 5. The molecule has 0 aliphatic carbocycles. The van der Waals surface area contributed by atoms with Crippen LogP contribution in [0.1, 0.15) is 30.1 Å². The van der Waals surface area contributed by atoms with Gasteiger partial charge in [0, 0.05) is 29.2 Å². The highest BCUT2D eigenvalue weighted by Gasteiger charge is 2.18. The highest BCUT2D eigenvalue weighted by Crippen LogP contribution is 2.35. The van der Waals surface area contributed by atoms with Crippen molar-refractivity contribution in [3.8, 4) is 5.75 Å². The van der Waals surface area contributed by atoms with Gasteiger partial charge in [0.15, 0.2) is 0 Å². The largest absolute Gasteiger partial charge is 0.494 e. The van der Waals surface area contributed by atoms with Gasteiger partial charge >= 0.3 is 5.97 Å². The molecule has 0 amide bonds. The maximum atomic E-state index is 12.3. The number of fused-ring (bicyclic) bond motifs is 1. The number of carbonyl (C=O) groups is 1. The maximum absolute atomic E-state index is 12.3. The van der Waals surface area contributed by atoms with Gasteiger partial charge in [-0.1, -0.05) is 11.6 Å².